The number of nitrogens with one attached hydrogen (secondary N) is 1. The third kappa shape index (κ3) is 2.47. The fourth-order valence-electron chi connectivity index (χ4n) is 4.21. The molecule has 2 aliphatic carbocycles. The van der Waals surface area contributed by atoms with Gasteiger partial charge in [0.2, 0.25) is 0 Å². The molecule has 0 aromatic heterocycles. The summed E-state index contributed by atoms with van der Waals surface area (Å²) < 4.78 is 0. The smallest absolute Gasteiger partial charge is 0.404 e. The van der Waals surface area contributed by atoms with E-state index in [0.717, 1.165) is 25.7 Å². The van der Waals surface area contributed by atoms with E-state index < -0.39 is 6.09 Å². The molecule has 0 heterocycles. The molecule has 108 valence electrons. The lowest BCUT2D eigenvalue weighted by molar-refractivity contribution is 0.0968. The predicted molar refractivity (Wildman–Crippen MR) is 75.9 cm³/mol. The number of fused-ring (bicyclic) bond motifs is 2. The molecular formula is C16H21NO3. The van der Waals surface area contributed by atoms with Crippen LogP contribution >= 0.6 is 0 Å². The van der Waals surface area contributed by atoms with E-state index in [2.05, 4.69) is 5.32 Å². The van der Waals surface area contributed by atoms with Crippen LogP contribution in [0.3, 0.4) is 0 Å². The minimum atomic E-state index is -0.904. The van der Waals surface area contributed by atoms with Gasteiger partial charge in [0.05, 0.1) is 0 Å². The van der Waals surface area contributed by atoms with E-state index in [9.17, 15) is 9.90 Å². The Kier molecular flexibility index (Phi) is 3.55. The van der Waals surface area contributed by atoms with Crippen LogP contribution in [-0.4, -0.2) is 22.3 Å². The first kappa shape index (κ1) is 13.3. The van der Waals surface area contributed by atoms with E-state index in [-0.39, 0.29) is 11.8 Å². The number of aromatic hydroxyl groups is 1. The lowest BCUT2D eigenvalue weighted by Crippen LogP contribution is -2.51. The average molecular weight is 275 g/mol. The molecule has 4 nitrogen and oxygen atoms in total. The SMILES string of the molecule is O=C(O)N[C@@H]1C2CCC[C@@H]1CCC2c1ccc(O)cc1. The second-order valence-corrected chi connectivity index (χ2v) is 6.11. The van der Waals surface area contributed by atoms with Crippen LogP contribution < -0.4 is 5.32 Å². The Morgan fingerprint density at radius 2 is 1.85 bits per heavy atom. The average Bonchev–Trinajstić information content (AvgIpc) is 2.40. The molecule has 20 heavy (non-hydrogen) atoms. The maximum atomic E-state index is 11.0. The summed E-state index contributed by atoms with van der Waals surface area (Å²) in [6.07, 6.45) is 4.74. The number of phenolic OH excluding ortho intramolecular Hbond substituents is 1. The maximum absolute atomic E-state index is 11.0. The van der Waals surface area contributed by atoms with Gasteiger partial charge in [-0.15, -0.1) is 0 Å². The highest BCUT2D eigenvalue weighted by atomic mass is 16.4. The molecule has 2 saturated carbocycles. The van der Waals surface area contributed by atoms with Crippen molar-refractivity contribution in [1.82, 2.24) is 5.32 Å². The van der Waals surface area contributed by atoms with Crippen molar-refractivity contribution in [3.05, 3.63) is 29.8 Å². The van der Waals surface area contributed by atoms with Crippen LogP contribution in [0.5, 0.6) is 5.75 Å². The molecule has 0 saturated heterocycles. The number of hydrogen-bond acceptors (Lipinski definition) is 2. The fraction of sp³-hybridized carbons (Fsp3) is 0.562. The highest BCUT2D eigenvalue weighted by molar-refractivity contribution is 5.65. The number of benzene rings is 1. The summed E-state index contributed by atoms with van der Waals surface area (Å²) >= 11 is 0. The van der Waals surface area contributed by atoms with Gasteiger partial charge in [0, 0.05) is 6.04 Å². The zero-order valence-electron chi connectivity index (χ0n) is 11.5. The molecule has 4 heteroatoms. The number of amides is 1. The van der Waals surface area contributed by atoms with E-state index in [4.69, 9.17) is 5.11 Å². The van der Waals surface area contributed by atoms with Crippen LogP contribution in [-0.2, 0) is 0 Å². The molecular weight excluding hydrogens is 254 g/mol. The van der Waals surface area contributed by atoms with Crippen molar-refractivity contribution >= 4 is 6.09 Å². The minimum Gasteiger partial charge on any atom is -0.508 e. The number of hydrogen-bond donors (Lipinski definition) is 3. The molecule has 3 N–H and O–H groups in total. The highest BCUT2D eigenvalue weighted by Crippen LogP contribution is 2.47. The van der Waals surface area contributed by atoms with Crippen molar-refractivity contribution in [1.29, 1.82) is 0 Å². The van der Waals surface area contributed by atoms with Gasteiger partial charge in [0.1, 0.15) is 5.75 Å². The van der Waals surface area contributed by atoms with E-state index >= 15 is 0 Å². The molecule has 0 spiro atoms. The minimum absolute atomic E-state index is 0.0915. The number of rotatable bonds is 2. The lowest BCUT2D eigenvalue weighted by Gasteiger charge is -2.47. The first-order valence-corrected chi connectivity index (χ1v) is 7.43. The molecule has 1 aromatic carbocycles. The maximum Gasteiger partial charge on any atom is 0.404 e. The summed E-state index contributed by atoms with van der Waals surface area (Å²) in [5.41, 5.74) is 1.23. The van der Waals surface area contributed by atoms with E-state index in [1.165, 1.54) is 12.0 Å². The van der Waals surface area contributed by atoms with Crippen molar-refractivity contribution in [2.75, 3.05) is 0 Å². The fourth-order valence-corrected chi connectivity index (χ4v) is 4.21. The van der Waals surface area contributed by atoms with Gasteiger partial charge in [-0.25, -0.2) is 4.79 Å². The molecule has 3 rings (SSSR count). The highest BCUT2D eigenvalue weighted by Gasteiger charge is 2.42. The standard InChI is InChI=1S/C16H21NO3/c18-12-7-4-10(5-8-12)13-9-6-11-2-1-3-14(13)15(11)17-16(19)20/h4-5,7-8,11,13-15,17-18H,1-3,6,9H2,(H,19,20)/t11-,13?,14?,15+/m1/s1. The molecule has 0 radical (unpaired) electrons. The zero-order valence-corrected chi connectivity index (χ0v) is 11.5. The Bertz CT molecular complexity index is 485. The van der Waals surface area contributed by atoms with Gasteiger partial charge < -0.3 is 15.5 Å². The Hall–Kier alpha value is -1.71. The van der Waals surface area contributed by atoms with Crippen molar-refractivity contribution in [2.24, 2.45) is 11.8 Å². The summed E-state index contributed by atoms with van der Waals surface area (Å²) in [5.74, 6) is 1.58. The first-order chi connectivity index (χ1) is 9.65. The van der Waals surface area contributed by atoms with Gasteiger partial charge in [-0.1, -0.05) is 18.6 Å². The number of carboxylic acid groups (broad SMARTS) is 1. The van der Waals surface area contributed by atoms with Crippen molar-refractivity contribution in [3.63, 3.8) is 0 Å². The molecule has 1 amide bonds. The quantitative estimate of drug-likeness (QED) is 0.775. The van der Waals surface area contributed by atoms with Crippen LogP contribution in [0.15, 0.2) is 24.3 Å². The second kappa shape index (κ2) is 5.35. The van der Waals surface area contributed by atoms with Gasteiger partial charge >= 0.3 is 6.09 Å². The summed E-state index contributed by atoms with van der Waals surface area (Å²) in [5, 5.41) is 21.2. The molecule has 1 aromatic rings. The summed E-state index contributed by atoms with van der Waals surface area (Å²) in [6, 6.07) is 7.50. The molecule has 2 bridgehead atoms. The molecule has 0 aliphatic heterocycles. The van der Waals surface area contributed by atoms with E-state index in [0.29, 0.717) is 17.8 Å². The largest absolute Gasteiger partial charge is 0.508 e. The van der Waals surface area contributed by atoms with Crippen molar-refractivity contribution in [2.45, 2.75) is 44.1 Å². The number of phenols is 1. The van der Waals surface area contributed by atoms with Gasteiger partial charge in [-0.2, -0.15) is 0 Å². The van der Waals surface area contributed by atoms with E-state index in [1.54, 1.807) is 12.1 Å². The Labute approximate surface area is 118 Å². The monoisotopic (exact) mass is 275 g/mol. The Morgan fingerprint density at radius 3 is 2.55 bits per heavy atom. The van der Waals surface area contributed by atoms with Crippen LogP contribution in [0.2, 0.25) is 0 Å². The van der Waals surface area contributed by atoms with Gasteiger partial charge in [0.25, 0.3) is 0 Å². The predicted octanol–water partition coefficient (Wildman–Crippen LogP) is 3.32. The van der Waals surface area contributed by atoms with Gasteiger partial charge in [-0.05, 0) is 61.1 Å². The summed E-state index contributed by atoms with van der Waals surface area (Å²) in [6.45, 7) is 0. The van der Waals surface area contributed by atoms with Crippen LogP contribution in [0, 0.1) is 11.8 Å². The summed E-state index contributed by atoms with van der Waals surface area (Å²) in [7, 11) is 0. The van der Waals surface area contributed by atoms with Crippen molar-refractivity contribution < 1.29 is 15.0 Å². The molecule has 4 atom stereocenters. The first-order valence-electron chi connectivity index (χ1n) is 7.43. The zero-order chi connectivity index (χ0) is 14.1. The number of carbonyl (C=O) groups is 1. The van der Waals surface area contributed by atoms with Crippen LogP contribution in [0.1, 0.15) is 43.6 Å². The third-order valence-corrected chi connectivity index (χ3v) is 5.06. The lowest BCUT2D eigenvalue weighted by atomic mass is 9.62. The molecule has 2 unspecified atom stereocenters. The van der Waals surface area contributed by atoms with Gasteiger partial charge in [0.15, 0.2) is 0 Å². The molecule has 2 fully saturated rings. The van der Waals surface area contributed by atoms with Gasteiger partial charge in [-0.3, -0.25) is 0 Å². The normalized spacial score (nSPS) is 32.6. The third-order valence-electron chi connectivity index (χ3n) is 5.06. The topological polar surface area (TPSA) is 69.6 Å². The summed E-state index contributed by atoms with van der Waals surface area (Å²) in [4.78, 5) is 11.0. The van der Waals surface area contributed by atoms with Crippen LogP contribution in [0.4, 0.5) is 4.79 Å². The Morgan fingerprint density at radius 1 is 1.10 bits per heavy atom. The molecule has 2 aliphatic rings. The van der Waals surface area contributed by atoms with E-state index in [1.807, 2.05) is 12.1 Å². The second-order valence-electron chi connectivity index (χ2n) is 6.11. The van der Waals surface area contributed by atoms with Crippen molar-refractivity contribution in [3.8, 4) is 5.75 Å². The van der Waals surface area contributed by atoms with Crippen LogP contribution in [0.25, 0.3) is 0 Å². The Balaban J connectivity index is 1.84.